The molecule has 1 fully saturated rings. The molecule has 1 atom stereocenters. The molecule has 1 unspecified atom stereocenters. The van der Waals surface area contributed by atoms with E-state index in [9.17, 15) is 13.2 Å². The van der Waals surface area contributed by atoms with Crippen LogP contribution in [0.5, 0.6) is 0 Å². The Morgan fingerprint density at radius 3 is 2.79 bits per heavy atom. The average molecular weight is 361 g/mol. The summed E-state index contributed by atoms with van der Waals surface area (Å²) in [7, 11) is -3.01. The normalized spacial score (nSPS) is 19.6. The Morgan fingerprint density at radius 2 is 2.08 bits per heavy atom. The number of sulfone groups is 1. The standard InChI is InChI=1S/C16H15N3O3S2/c20-15(17-12-5-8-24(21,22)10-12)11-3-4-13-14(9-11)23-16(18-13)19-6-1-2-7-19/h1-4,6-7,9,12H,5,8,10H2,(H,17,20). The van der Waals surface area contributed by atoms with E-state index < -0.39 is 9.84 Å². The van der Waals surface area contributed by atoms with E-state index in [1.54, 1.807) is 12.1 Å². The Labute approximate surface area is 143 Å². The van der Waals surface area contributed by atoms with Gasteiger partial charge in [-0.15, -0.1) is 0 Å². The van der Waals surface area contributed by atoms with Crippen LogP contribution in [0.15, 0.2) is 42.7 Å². The molecule has 4 rings (SSSR count). The van der Waals surface area contributed by atoms with Crippen molar-refractivity contribution in [2.24, 2.45) is 0 Å². The molecule has 3 aromatic rings. The van der Waals surface area contributed by atoms with E-state index in [0.29, 0.717) is 12.0 Å². The van der Waals surface area contributed by atoms with Crippen molar-refractivity contribution >= 4 is 37.3 Å². The van der Waals surface area contributed by atoms with Gasteiger partial charge in [-0.2, -0.15) is 0 Å². The number of carbonyl (C=O) groups excluding carboxylic acids is 1. The fourth-order valence-corrected chi connectivity index (χ4v) is 5.45. The minimum absolute atomic E-state index is 0.0271. The third-order valence-electron chi connectivity index (χ3n) is 4.03. The summed E-state index contributed by atoms with van der Waals surface area (Å²) in [4.78, 5) is 16.9. The molecule has 3 heterocycles. The number of benzene rings is 1. The molecule has 1 N–H and O–H groups in total. The van der Waals surface area contributed by atoms with E-state index in [1.807, 2.05) is 35.2 Å². The zero-order valence-electron chi connectivity index (χ0n) is 12.7. The topological polar surface area (TPSA) is 81.1 Å². The van der Waals surface area contributed by atoms with Gasteiger partial charge in [0.1, 0.15) is 0 Å². The van der Waals surface area contributed by atoms with Crippen LogP contribution in [-0.4, -0.2) is 41.4 Å². The number of aromatic nitrogens is 2. The molecule has 2 aromatic heterocycles. The lowest BCUT2D eigenvalue weighted by Crippen LogP contribution is -2.35. The summed E-state index contributed by atoms with van der Waals surface area (Å²) in [5, 5.41) is 3.65. The van der Waals surface area contributed by atoms with Gasteiger partial charge in [0.05, 0.1) is 21.7 Å². The summed E-state index contributed by atoms with van der Waals surface area (Å²) in [5.74, 6) is -0.0688. The van der Waals surface area contributed by atoms with Crippen LogP contribution in [0, 0.1) is 0 Å². The first kappa shape index (κ1) is 15.3. The van der Waals surface area contributed by atoms with Crippen molar-refractivity contribution in [2.45, 2.75) is 12.5 Å². The highest BCUT2D eigenvalue weighted by Crippen LogP contribution is 2.26. The number of hydrogen-bond acceptors (Lipinski definition) is 5. The summed E-state index contributed by atoms with van der Waals surface area (Å²) >= 11 is 1.51. The van der Waals surface area contributed by atoms with E-state index in [2.05, 4.69) is 10.3 Å². The minimum Gasteiger partial charge on any atom is -0.348 e. The maximum absolute atomic E-state index is 12.4. The molecule has 0 bridgehead atoms. The molecule has 8 heteroatoms. The molecule has 0 spiro atoms. The first-order valence-electron chi connectivity index (χ1n) is 7.55. The van der Waals surface area contributed by atoms with Crippen molar-refractivity contribution in [1.29, 1.82) is 0 Å². The Bertz CT molecular complexity index is 1010. The van der Waals surface area contributed by atoms with Crippen LogP contribution in [0.1, 0.15) is 16.8 Å². The van der Waals surface area contributed by atoms with Gasteiger partial charge >= 0.3 is 0 Å². The van der Waals surface area contributed by atoms with Gasteiger partial charge in [0.25, 0.3) is 5.91 Å². The summed E-state index contributed by atoms with van der Waals surface area (Å²) in [6, 6.07) is 8.91. The molecule has 0 saturated carbocycles. The van der Waals surface area contributed by atoms with Gasteiger partial charge in [-0.05, 0) is 36.8 Å². The fraction of sp³-hybridized carbons (Fsp3) is 0.250. The van der Waals surface area contributed by atoms with E-state index in [4.69, 9.17) is 0 Å². The number of nitrogens with zero attached hydrogens (tertiary/aromatic N) is 2. The largest absolute Gasteiger partial charge is 0.348 e. The molecule has 1 aliphatic rings. The first-order valence-corrected chi connectivity index (χ1v) is 10.2. The third-order valence-corrected chi connectivity index (χ3v) is 6.83. The number of fused-ring (bicyclic) bond motifs is 1. The van der Waals surface area contributed by atoms with Gasteiger partial charge in [-0.3, -0.25) is 4.79 Å². The maximum atomic E-state index is 12.4. The van der Waals surface area contributed by atoms with Crippen molar-refractivity contribution in [1.82, 2.24) is 14.9 Å². The Balaban J connectivity index is 1.57. The molecule has 0 aliphatic carbocycles. The predicted molar refractivity (Wildman–Crippen MR) is 93.5 cm³/mol. The summed E-state index contributed by atoms with van der Waals surface area (Å²) in [5.41, 5.74) is 1.36. The third kappa shape index (κ3) is 2.94. The minimum atomic E-state index is -3.01. The Hall–Kier alpha value is -2.19. The smallest absolute Gasteiger partial charge is 0.251 e. The summed E-state index contributed by atoms with van der Waals surface area (Å²) < 4.78 is 25.8. The highest BCUT2D eigenvalue weighted by Gasteiger charge is 2.29. The number of amides is 1. The van der Waals surface area contributed by atoms with Gasteiger partial charge in [0, 0.05) is 24.0 Å². The average Bonchev–Trinajstić information content (AvgIpc) is 3.25. The van der Waals surface area contributed by atoms with Crippen LogP contribution in [0.4, 0.5) is 0 Å². The number of rotatable bonds is 3. The number of carbonyl (C=O) groups is 1. The van der Waals surface area contributed by atoms with Crippen molar-refractivity contribution < 1.29 is 13.2 Å². The maximum Gasteiger partial charge on any atom is 0.251 e. The molecular weight excluding hydrogens is 346 g/mol. The van der Waals surface area contributed by atoms with E-state index in [-0.39, 0.29) is 23.5 Å². The quantitative estimate of drug-likeness (QED) is 0.774. The number of nitrogens with one attached hydrogen (secondary N) is 1. The fourth-order valence-electron chi connectivity index (χ4n) is 2.80. The monoisotopic (exact) mass is 361 g/mol. The molecule has 0 radical (unpaired) electrons. The summed E-state index contributed by atoms with van der Waals surface area (Å²) in [6.07, 6.45) is 4.33. The van der Waals surface area contributed by atoms with Crippen molar-refractivity contribution in [3.8, 4) is 5.13 Å². The molecular formula is C16H15N3O3S2. The van der Waals surface area contributed by atoms with Gasteiger partial charge in [0.2, 0.25) is 0 Å². The molecule has 1 aromatic carbocycles. The molecule has 1 aliphatic heterocycles. The van der Waals surface area contributed by atoms with Gasteiger partial charge in [-0.25, -0.2) is 13.4 Å². The van der Waals surface area contributed by atoms with Crippen molar-refractivity contribution in [2.75, 3.05) is 11.5 Å². The lowest BCUT2D eigenvalue weighted by molar-refractivity contribution is 0.0941. The van der Waals surface area contributed by atoms with Crippen molar-refractivity contribution in [3.63, 3.8) is 0 Å². The zero-order valence-corrected chi connectivity index (χ0v) is 14.3. The lowest BCUT2D eigenvalue weighted by Gasteiger charge is -2.10. The zero-order chi connectivity index (χ0) is 16.7. The Morgan fingerprint density at radius 1 is 1.29 bits per heavy atom. The van der Waals surface area contributed by atoms with Gasteiger partial charge < -0.3 is 9.88 Å². The van der Waals surface area contributed by atoms with Crippen LogP contribution in [-0.2, 0) is 9.84 Å². The first-order chi connectivity index (χ1) is 11.5. The number of hydrogen-bond donors (Lipinski definition) is 1. The van der Waals surface area contributed by atoms with E-state index in [0.717, 1.165) is 15.3 Å². The van der Waals surface area contributed by atoms with Crippen LogP contribution in [0.3, 0.4) is 0 Å². The Kier molecular flexibility index (Phi) is 3.65. The second-order valence-electron chi connectivity index (χ2n) is 5.84. The summed E-state index contributed by atoms with van der Waals surface area (Å²) in [6.45, 7) is 0. The van der Waals surface area contributed by atoms with Crippen LogP contribution in [0.25, 0.3) is 15.3 Å². The highest BCUT2D eigenvalue weighted by molar-refractivity contribution is 7.91. The van der Waals surface area contributed by atoms with Crippen LogP contribution < -0.4 is 5.32 Å². The van der Waals surface area contributed by atoms with Crippen LogP contribution >= 0.6 is 11.3 Å². The van der Waals surface area contributed by atoms with Crippen LogP contribution in [0.2, 0.25) is 0 Å². The molecule has 1 amide bonds. The van der Waals surface area contributed by atoms with E-state index in [1.165, 1.54) is 11.3 Å². The van der Waals surface area contributed by atoms with Gasteiger partial charge in [-0.1, -0.05) is 11.3 Å². The second-order valence-corrected chi connectivity index (χ2v) is 9.08. The molecule has 1 saturated heterocycles. The molecule has 124 valence electrons. The number of thiazole rings is 1. The lowest BCUT2D eigenvalue weighted by atomic mass is 10.2. The second kappa shape index (κ2) is 5.71. The van der Waals surface area contributed by atoms with Gasteiger partial charge in [0.15, 0.2) is 15.0 Å². The SMILES string of the molecule is O=C(NC1CCS(=O)(=O)C1)c1ccc2nc(-n3cccc3)sc2c1. The van der Waals surface area contributed by atoms with Crippen molar-refractivity contribution in [3.05, 3.63) is 48.3 Å². The molecule has 24 heavy (non-hydrogen) atoms. The van der Waals surface area contributed by atoms with E-state index >= 15 is 0 Å². The predicted octanol–water partition coefficient (Wildman–Crippen LogP) is 2.00. The highest BCUT2D eigenvalue weighted by atomic mass is 32.2. The molecule has 6 nitrogen and oxygen atoms in total.